The lowest BCUT2D eigenvalue weighted by molar-refractivity contribution is 0.0528. The minimum atomic E-state index is -3.54. The van der Waals surface area contributed by atoms with E-state index >= 15 is 0 Å². The van der Waals surface area contributed by atoms with Gasteiger partial charge in [-0.05, 0) is 17.9 Å². The highest BCUT2D eigenvalue weighted by Crippen LogP contribution is 2.29. The van der Waals surface area contributed by atoms with Gasteiger partial charge in [-0.25, -0.2) is 8.42 Å². The lowest BCUT2D eigenvalue weighted by Crippen LogP contribution is -2.54. The molecule has 26 heavy (non-hydrogen) atoms. The van der Waals surface area contributed by atoms with Crippen molar-refractivity contribution in [1.82, 2.24) is 14.2 Å². The summed E-state index contributed by atoms with van der Waals surface area (Å²) in [5.41, 5.74) is 6.29. The molecule has 1 aromatic heterocycles. The molecule has 0 aliphatic carbocycles. The van der Waals surface area contributed by atoms with Gasteiger partial charge < -0.3 is 15.6 Å². The molecule has 2 aliphatic heterocycles. The van der Waals surface area contributed by atoms with Gasteiger partial charge in [0.1, 0.15) is 10.6 Å². The first-order chi connectivity index (χ1) is 11.7. The maximum absolute atomic E-state index is 12.8. The fourth-order valence-electron chi connectivity index (χ4n) is 3.30. The third-order valence-corrected chi connectivity index (χ3v) is 7.91. The number of carbonyl (C=O) groups excluding carboxylic acids is 1. The molecule has 0 aromatic carbocycles. The largest absolute Gasteiger partial charge is 0.356 e. The molecule has 7 nitrogen and oxygen atoms in total. The Morgan fingerprint density at radius 2 is 1.96 bits per heavy atom. The van der Waals surface area contributed by atoms with E-state index in [1.54, 1.807) is 16.7 Å². The van der Waals surface area contributed by atoms with Crippen LogP contribution < -0.4 is 5.73 Å². The first-order valence-electron chi connectivity index (χ1n) is 8.53. The molecular weight excluding hydrogens is 396 g/mol. The monoisotopic (exact) mass is 422 g/mol. The molecule has 0 radical (unpaired) electrons. The van der Waals surface area contributed by atoms with Gasteiger partial charge in [-0.15, -0.1) is 12.4 Å². The second-order valence-electron chi connectivity index (χ2n) is 7.38. The maximum atomic E-state index is 12.8. The van der Waals surface area contributed by atoms with E-state index in [-0.39, 0.29) is 34.7 Å². The summed E-state index contributed by atoms with van der Waals surface area (Å²) >= 11 is 1.75. The topological polar surface area (TPSA) is 99.5 Å². The second-order valence-corrected chi connectivity index (χ2v) is 10.5. The summed E-state index contributed by atoms with van der Waals surface area (Å²) < 4.78 is 26.9. The van der Waals surface area contributed by atoms with E-state index in [0.29, 0.717) is 31.9 Å². The van der Waals surface area contributed by atoms with Crippen LogP contribution >= 0.6 is 24.2 Å². The van der Waals surface area contributed by atoms with Gasteiger partial charge in [-0.1, -0.05) is 13.8 Å². The highest BCUT2D eigenvalue weighted by Gasteiger charge is 2.36. The molecule has 148 valence electrons. The van der Waals surface area contributed by atoms with Gasteiger partial charge in [0.15, 0.2) is 0 Å². The molecular formula is C16H27ClN4O3S2. The number of sulfonamides is 1. The van der Waals surface area contributed by atoms with Gasteiger partial charge in [0, 0.05) is 49.9 Å². The van der Waals surface area contributed by atoms with E-state index in [0.717, 1.165) is 17.9 Å². The predicted octanol–water partition coefficient (Wildman–Crippen LogP) is 1.37. The summed E-state index contributed by atoms with van der Waals surface area (Å²) in [5, 5.41) is 0. The number of halogens is 1. The van der Waals surface area contributed by atoms with Crippen LogP contribution in [0.5, 0.6) is 0 Å². The SMILES string of the molecule is CC1(C)CN(C(=O)c2cc(S(=O)(=O)N3CCSCC3)c[nH]2)CCC1N.Cl. The Hall–Kier alpha value is -0.740. The van der Waals surface area contributed by atoms with Gasteiger partial charge in [0.05, 0.1) is 0 Å². The normalized spacial score (nSPS) is 24.1. The smallest absolute Gasteiger partial charge is 0.270 e. The molecule has 0 saturated carbocycles. The minimum absolute atomic E-state index is 0. The lowest BCUT2D eigenvalue weighted by Gasteiger charge is -2.42. The number of aromatic amines is 1. The summed E-state index contributed by atoms with van der Waals surface area (Å²) in [6.07, 6.45) is 2.17. The van der Waals surface area contributed by atoms with E-state index in [1.807, 2.05) is 0 Å². The Morgan fingerprint density at radius 3 is 2.58 bits per heavy atom. The molecule has 0 bridgehead atoms. The number of hydrogen-bond acceptors (Lipinski definition) is 5. The zero-order valence-corrected chi connectivity index (χ0v) is 17.6. The number of thioether (sulfide) groups is 1. The van der Waals surface area contributed by atoms with E-state index in [1.165, 1.54) is 16.6 Å². The lowest BCUT2D eigenvalue weighted by atomic mass is 9.79. The number of piperidine rings is 1. The number of H-pyrrole nitrogens is 1. The van der Waals surface area contributed by atoms with Crippen molar-refractivity contribution in [2.45, 2.75) is 31.2 Å². The van der Waals surface area contributed by atoms with Crippen LogP contribution in [0.15, 0.2) is 17.2 Å². The number of nitrogens with two attached hydrogens (primary N) is 1. The highest BCUT2D eigenvalue weighted by atomic mass is 35.5. The molecule has 10 heteroatoms. The van der Waals surface area contributed by atoms with E-state index in [2.05, 4.69) is 18.8 Å². The summed E-state index contributed by atoms with van der Waals surface area (Å²) in [5.74, 6) is 1.44. The number of rotatable bonds is 3. The molecule has 2 saturated heterocycles. The molecule has 0 spiro atoms. The fourth-order valence-corrected chi connectivity index (χ4v) is 5.87. The van der Waals surface area contributed by atoms with Crippen LogP contribution in [-0.2, 0) is 10.0 Å². The number of nitrogens with zero attached hydrogens (tertiary/aromatic N) is 2. The van der Waals surface area contributed by atoms with Crippen LogP contribution in [0.1, 0.15) is 30.8 Å². The van der Waals surface area contributed by atoms with Gasteiger partial charge >= 0.3 is 0 Å². The predicted molar refractivity (Wildman–Crippen MR) is 106 cm³/mol. The maximum Gasteiger partial charge on any atom is 0.270 e. The van der Waals surface area contributed by atoms with Crippen molar-refractivity contribution in [3.8, 4) is 0 Å². The Bertz CT molecular complexity index is 744. The first kappa shape index (κ1) is 21.6. The van der Waals surface area contributed by atoms with Crippen LogP contribution in [-0.4, -0.2) is 72.2 Å². The van der Waals surface area contributed by atoms with Crippen LogP contribution in [0.2, 0.25) is 0 Å². The number of hydrogen-bond donors (Lipinski definition) is 2. The quantitative estimate of drug-likeness (QED) is 0.766. The van der Waals surface area contributed by atoms with Crippen molar-refractivity contribution < 1.29 is 13.2 Å². The van der Waals surface area contributed by atoms with Crippen LogP contribution in [0.3, 0.4) is 0 Å². The van der Waals surface area contributed by atoms with Gasteiger partial charge in [-0.2, -0.15) is 16.1 Å². The zero-order chi connectivity index (χ0) is 18.2. The van der Waals surface area contributed by atoms with Crippen LogP contribution in [0.25, 0.3) is 0 Å². The zero-order valence-electron chi connectivity index (χ0n) is 15.1. The standard InChI is InChI=1S/C16H26N4O3S2.ClH/c1-16(2)11-19(4-3-14(16)17)15(21)13-9-12(10-18-13)25(22,23)20-5-7-24-8-6-20;/h9-10,14,18H,3-8,11,17H2,1-2H3;1H. The molecule has 3 rings (SSSR count). The van der Waals surface area contributed by atoms with Gasteiger partial charge in [0.25, 0.3) is 5.91 Å². The van der Waals surface area contributed by atoms with Crippen molar-refractivity contribution in [3.05, 3.63) is 18.0 Å². The van der Waals surface area contributed by atoms with Crippen molar-refractivity contribution in [2.75, 3.05) is 37.7 Å². The Kier molecular flexibility index (Phi) is 6.71. The molecule has 2 fully saturated rings. The molecule has 3 heterocycles. The average molecular weight is 423 g/mol. The van der Waals surface area contributed by atoms with Gasteiger partial charge in [-0.3, -0.25) is 4.79 Å². The number of nitrogens with one attached hydrogen (secondary N) is 1. The molecule has 3 N–H and O–H groups in total. The van der Waals surface area contributed by atoms with Crippen molar-refractivity contribution in [1.29, 1.82) is 0 Å². The van der Waals surface area contributed by atoms with Crippen molar-refractivity contribution in [2.24, 2.45) is 11.1 Å². The van der Waals surface area contributed by atoms with Crippen molar-refractivity contribution >= 4 is 40.1 Å². The summed E-state index contributed by atoms with van der Waals surface area (Å²) in [4.78, 5) is 17.5. The third kappa shape index (κ3) is 4.22. The first-order valence-corrected chi connectivity index (χ1v) is 11.1. The second kappa shape index (κ2) is 8.10. The van der Waals surface area contributed by atoms with Gasteiger partial charge in [0.2, 0.25) is 10.0 Å². The third-order valence-electron chi connectivity index (χ3n) is 5.09. The summed E-state index contributed by atoms with van der Waals surface area (Å²) in [6.45, 7) is 6.29. The Morgan fingerprint density at radius 1 is 1.31 bits per heavy atom. The minimum Gasteiger partial charge on any atom is -0.356 e. The summed E-state index contributed by atoms with van der Waals surface area (Å²) in [7, 11) is -3.54. The number of likely N-dealkylation sites (tertiary alicyclic amines) is 1. The number of aromatic nitrogens is 1. The molecule has 1 atom stereocenters. The summed E-state index contributed by atoms with van der Waals surface area (Å²) in [6, 6.07) is 1.52. The van der Waals surface area contributed by atoms with Crippen molar-refractivity contribution in [3.63, 3.8) is 0 Å². The van der Waals surface area contributed by atoms with E-state index in [9.17, 15) is 13.2 Å². The van der Waals surface area contributed by atoms with E-state index in [4.69, 9.17) is 5.73 Å². The van der Waals surface area contributed by atoms with Crippen LogP contribution in [0.4, 0.5) is 0 Å². The number of carbonyl (C=O) groups is 1. The molecule has 1 unspecified atom stereocenters. The molecule has 1 amide bonds. The highest BCUT2D eigenvalue weighted by molar-refractivity contribution is 7.99. The Balaban J connectivity index is 0.00000243. The molecule has 1 aromatic rings. The van der Waals surface area contributed by atoms with Crippen LogP contribution in [0, 0.1) is 5.41 Å². The average Bonchev–Trinajstić information content (AvgIpc) is 3.08. The molecule has 2 aliphatic rings. The fraction of sp³-hybridized carbons (Fsp3) is 0.688. The number of amides is 1. The van der Waals surface area contributed by atoms with E-state index < -0.39 is 10.0 Å². The Labute approximate surface area is 165 Å².